The zero-order chi connectivity index (χ0) is 25.7. The second kappa shape index (κ2) is 10.8. The van der Waals surface area contributed by atoms with Crippen molar-refractivity contribution in [1.82, 2.24) is 9.55 Å². The van der Waals surface area contributed by atoms with E-state index < -0.39 is 49.3 Å². The van der Waals surface area contributed by atoms with Crippen LogP contribution in [0.2, 0.25) is 0 Å². The van der Waals surface area contributed by atoms with Crippen molar-refractivity contribution in [2.45, 2.75) is 31.7 Å². The molecule has 2 heterocycles. The van der Waals surface area contributed by atoms with E-state index in [1.807, 2.05) is 0 Å². The van der Waals surface area contributed by atoms with Crippen LogP contribution in [0.3, 0.4) is 0 Å². The molecule has 0 aliphatic carbocycles. The topological polar surface area (TPSA) is 165 Å². The average molecular weight is 511 g/mol. The van der Waals surface area contributed by atoms with E-state index >= 15 is 0 Å². The Morgan fingerprint density at radius 1 is 1.19 bits per heavy atom. The van der Waals surface area contributed by atoms with E-state index in [0.29, 0.717) is 0 Å². The first-order valence-corrected chi connectivity index (χ1v) is 12.5. The third kappa shape index (κ3) is 5.48. The third-order valence-corrected chi connectivity index (χ3v) is 7.20. The van der Waals surface area contributed by atoms with Crippen LogP contribution in [0.15, 0.2) is 81.6 Å². The summed E-state index contributed by atoms with van der Waals surface area (Å²) in [7, 11) is -4.44. The summed E-state index contributed by atoms with van der Waals surface area (Å²) in [6.07, 6.45) is -0.428. The van der Waals surface area contributed by atoms with Gasteiger partial charge in [0.1, 0.15) is 12.0 Å². The number of azide groups is 1. The first-order chi connectivity index (χ1) is 17.3. The molecule has 3 aromatic rings. The van der Waals surface area contributed by atoms with Crippen molar-refractivity contribution >= 4 is 13.1 Å². The number of nitrogens with zero attached hydrogens (tertiary/aromatic N) is 4. The summed E-state index contributed by atoms with van der Waals surface area (Å²) in [6.45, 7) is 1.10. The van der Waals surface area contributed by atoms with Gasteiger partial charge < -0.3 is 9.26 Å². The Bertz CT molecular complexity index is 1450. The Balaban J connectivity index is 1.59. The highest BCUT2D eigenvalue weighted by molar-refractivity contribution is 7.73. The number of hydrogen-bond acceptors (Lipinski definition) is 8. The molecule has 36 heavy (non-hydrogen) atoms. The first-order valence-electron chi connectivity index (χ1n) is 10.9. The zero-order valence-electron chi connectivity index (χ0n) is 19.1. The molecule has 1 aromatic heterocycles. The predicted molar refractivity (Wildman–Crippen MR) is 129 cm³/mol. The SMILES string of the molecule is Cc1cn([C@H]2C[C@H](N=[N+]=[N-])[C@@H](COP(=O)(Oc3ccccc3)C(=O)c3ccccc3)O2)c(=O)[nH]c1=O. The summed E-state index contributed by atoms with van der Waals surface area (Å²) < 4.78 is 32.0. The monoisotopic (exact) mass is 511 g/mol. The predicted octanol–water partition coefficient (Wildman–Crippen LogP) is 3.94. The smallest absolute Gasteiger partial charge is 0.419 e. The molecule has 1 N–H and O–H groups in total. The molecule has 12 nitrogen and oxygen atoms in total. The summed E-state index contributed by atoms with van der Waals surface area (Å²) in [5.74, 6) is 0.164. The van der Waals surface area contributed by atoms with E-state index in [4.69, 9.17) is 19.3 Å². The van der Waals surface area contributed by atoms with Gasteiger partial charge in [0.15, 0.2) is 0 Å². The minimum absolute atomic E-state index is 0.0833. The fourth-order valence-electron chi connectivity index (χ4n) is 3.68. The number of rotatable bonds is 9. The van der Waals surface area contributed by atoms with E-state index in [9.17, 15) is 18.9 Å². The molecule has 4 rings (SSSR count). The van der Waals surface area contributed by atoms with Crippen LogP contribution < -0.4 is 15.8 Å². The largest absolute Gasteiger partial charge is 0.451 e. The molecule has 1 saturated heterocycles. The first kappa shape index (κ1) is 25.2. The van der Waals surface area contributed by atoms with Gasteiger partial charge in [-0.15, -0.1) is 0 Å². The lowest BCUT2D eigenvalue weighted by atomic mass is 10.1. The number of nitrogens with one attached hydrogen (secondary N) is 1. The molecule has 0 amide bonds. The van der Waals surface area contributed by atoms with E-state index in [2.05, 4.69) is 15.0 Å². The number of aromatic nitrogens is 2. The Hall–Kier alpha value is -3.95. The van der Waals surface area contributed by atoms with E-state index in [1.165, 1.54) is 42.0 Å². The van der Waals surface area contributed by atoms with Gasteiger partial charge in [-0.05, 0) is 24.6 Å². The van der Waals surface area contributed by atoms with Crippen molar-refractivity contribution < 1.29 is 23.1 Å². The van der Waals surface area contributed by atoms with Crippen LogP contribution in [0.1, 0.15) is 28.6 Å². The zero-order valence-corrected chi connectivity index (χ0v) is 20.0. The molecule has 1 unspecified atom stereocenters. The van der Waals surface area contributed by atoms with Gasteiger partial charge in [-0.25, -0.2) is 9.36 Å². The van der Waals surface area contributed by atoms with Crippen LogP contribution in [-0.2, 0) is 13.8 Å². The number of benzene rings is 2. The fraction of sp³-hybridized carbons (Fsp3) is 0.261. The van der Waals surface area contributed by atoms with Crippen molar-refractivity contribution in [3.63, 3.8) is 0 Å². The fourth-order valence-corrected chi connectivity index (χ4v) is 5.14. The lowest BCUT2D eigenvalue weighted by Crippen LogP contribution is -2.33. The average Bonchev–Trinajstić information content (AvgIpc) is 3.28. The molecule has 2 aromatic carbocycles. The van der Waals surface area contributed by atoms with Crippen molar-refractivity contribution in [3.8, 4) is 5.75 Å². The molecular formula is C23H22N5O7P. The molecule has 13 heteroatoms. The van der Waals surface area contributed by atoms with Crippen LogP contribution in [0.25, 0.3) is 10.4 Å². The molecule has 0 radical (unpaired) electrons. The molecular weight excluding hydrogens is 489 g/mol. The van der Waals surface area contributed by atoms with Gasteiger partial charge in [0.05, 0.1) is 18.8 Å². The van der Waals surface area contributed by atoms with E-state index in [-0.39, 0.29) is 23.3 Å². The van der Waals surface area contributed by atoms with Crippen LogP contribution in [0.4, 0.5) is 0 Å². The second-order valence-electron chi connectivity index (χ2n) is 7.98. The quantitative estimate of drug-likeness (QED) is 0.197. The summed E-state index contributed by atoms with van der Waals surface area (Å²) in [5.41, 5.74) is 7.34. The Morgan fingerprint density at radius 2 is 1.86 bits per heavy atom. The van der Waals surface area contributed by atoms with Crippen LogP contribution >= 0.6 is 7.60 Å². The molecule has 4 atom stereocenters. The van der Waals surface area contributed by atoms with Crippen LogP contribution in [-0.4, -0.2) is 33.8 Å². The molecule has 0 bridgehead atoms. The summed E-state index contributed by atoms with van der Waals surface area (Å²) >= 11 is 0. The van der Waals surface area contributed by atoms with Gasteiger partial charge in [0, 0.05) is 28.7 Å². The number of carbonyl (C=O) groups excluding carboxylic acids is 1. The van der Waals surface area contributed by atoms with Gasteiger partial charge in [0.2, 0.25) is 0 Å². The maximum Gasteiger partial charge on any atom is 0.451 e. The van der Waals surface area contributed by atoms with Crippen molar-refractivity contribution in [2.75, 3.05) is 6.61 Å². The maximum atomic E-state index is 13.7. The van der Waals surface area contributed by atoms with Crippen LogP contribution in [0.5, 0.6) is 5.75 Å². The normalized spacial score (nSPS) is 20.8. The van der Waals surface area contributed by atoms with Crippen molar-refractivity contribution in [2.24, 2.45) is 5.11 Å². The van der Waals surface area contributed by atoms with E-state index in [1.54, 1.807) is 36.4 Å². The number of aromatic amines is 1. The molecule has 1 aliphatic heterocycles. The summed E-state index contributed by atoms with van der Waals surface area (Å²) in [6, 6.07) is 15.2. The molecule has 1 fully saturated rings. The highest BCUT2D eigenvalue weighted by atomic mass is 31.2. The van der Waals surface area contributed by atoms with E-state index in [0.717, 1.165) is 0 Å². The number of aryl methyl sites for hydroxylation is 1. The maximum absolute atomic E-state index is 13.7. The summed E-state index contributed by atoms with van der Waals surface area (Å²) in [5, 5.41) is 3.71. The number of ether oxygens (including phenoxy) is 1. The summed E-state index contributed by atoms with van der Waals surface area (Å²) in [4.78, 5) is 42.2. The molecule has 0 saturated carbocycles. The van der Waals surface area contributed by atoms with Gasteiger partial charge in [0.25, 0.3) is 11.1 Å². The highest BCUT2D eigenvalue weighted by Crippen LogP contribution is 2.52. The Kier molecular flexibility index (Phi) is 7.52. The number of H-pyrrole nitrogens is 1. The Morgan fingerprint density at radius 3 is 2.53 bits per heavy atom. The van der Waals surface area contributed by atoms with Gasteiger partial charge in [-0.3, -0.25) is 23.7 Å². The van der Waals surface area contributed by atoms with Gasteiger partial charge >= 0.3 is 13.3 Å². The minimum Gasteiger partial charge on any atom is -0.419 e. The number of hydrogen-bond donors (Lipinski definition) is 1. The molecule has 186 valence electrons. The molecule has 0 spiro atoms. The van der Waals surface area contributed by atoms with Crippen molar-refractivity contribution in [3.05, 3.63) is 109 Å². The van der Waals surface area contributed by atoms with Crippen LogP contribution in [0, 0.1) is 6.92 Å². The molecule has 1 aliphatic rings. The van der Waals surface area contributed by atoms with Crippen molar-refractivity contribution in [1.29, 1.82) is 0 Å². The van der Waals surface area contributed by atoms with Gasteiger partial charge in [-0.1, -0.05) is 53.6 Å². The third-order valence-electron chi connectivity index (χ3n) is 5.51. The lowest BCUT2D eigenvalue weighted by Gasteiger charge is -2.21. The standard InChI is InChI=1S/C23H22N5O7P/c1-15-13-28(23(31)25-21(15)29)20-12-18(26-27-24)19(34-20)14-33-36(32,35-17-10-6-3-7-11-17)22(30)16-8-4-2-5-9-16/h2-11,13,18-20H,12,14H2,1H3,(H,25,29,31)/t18-,19+,20+,36?/m0/s1. The van der Waals surface area contributed by atoms with Gasteiger partial charge in [-0.2, -0.15) is 0 Å². The number of para-hydroxylation sites is 1. The Labute approximate surface area is 204 Å². The minimum atomic E-state index is -4.44. The number of carbonyl (C=O) groups is 1. The second-order valence-corrected chi connectivity index (χ2v) is 9.83. The lowest BCUT2D eigenvalue weighted by molar-refractivity contribution is -0.0235. The highest BCUT2D eigenvalue weighted by Gasteiger charge is 2.42.